The summed E-state index contributed by atoms with van der Waals surface area (Å²) < 4.78 is 1.27. The van der Waals surface area contributed by atoms with E-state index in [0.717, 1.165) is 5.56 Å². The maximum Gasteiger partial charge on any atom is 0.279 e. The molecule has 1 amide bonds. The normalized spacial score (nSPS) is 10.5. The van der Waals surface area contributed by atoms with Gasteiger partial charge in [-0.3, -0.25) is 9.59 Å². The fourth-order valence-corrected chi connectivity index (χ4v) is 3.52. The molecule has 0 spiro atoms. The molecule has 0 saturated carbocycles. The van der Waals surface area contributed by atoms with Crippen LogP contribution in [0, 0.1) is 11.3 Å². The van der Waals surface area contributed by atoms with Crippen LogP contribution in [0.25, 0.3) is 16.5 Å². The molecule has 1 heterocycles. The lowest BCUT2D eigenvalue weighted by Crippen LogP contribution is -2.34. The number of carbonyl (C=O) groups excluding carboxylic acids is 1. The second kappa shape index (κ2) is 9.11. The van der Waals surface area contributed by atoms with Crippen molar-refractivity contribution < 1.29 is 4.79 Å². The minimum Gasteiger partial charge on any atom is -0.329 e. The van der Waals surface area contributed by atoms with E-state index in [1.807, 2.05) is 30.3 Å². The quantitative estimate of drug-likeness (QED) is 0.440. The SMILES string of the molecule is C=CCN(Cc1ccc(C#N)cc1)C(=O)c1nn(-c2ccccc2)c(=O)c2ccccc12. The first-order valence-corrected chi connectivity index (χ1v) is 10.1. The van der Waals surface area contributed by atoms with Gasteiger partial charge in [0.1, 0.15) is 0 Å². The molecule has 6 heteroatoms. The lowest BCUT2D eigenvalue weighted by Gasteiger charge is -2.22. The molecule has 0 aliphatic rings. The van der Waals surface area contributed by atoms with Gasteiger partial charge in [0.05, 0.1) is 22.7 Å². The summed E-state index contributed by atoms with van der Waals surface area (Å²) in [4.78, 5) is 28.3. The first-order chi connectivity index (χ1) is 15.6. The Balaban J connectivity index is 1.81. The van der Waals surface area contributed by atoms with Crippen molar-refractivity contribution in [3.05, 3.63) is 119 Å². The Bertz CT molecular complexity index is 1380. The Morgan fingerprint density at radius 1 is 1.00 bits per heavy atom. The maximum absolute atomic E-state index is 13.6. The van der Waals surface area contributed by atoms with Crippen LogP contribution in [-0.2, 0) is 6.54 Å². The fraction of sp³-hybridized carbons (Fsp3) is 0.0769. The van der Waals surface area contributed by atoms with Crippen molar-refractivity contribution in [2.45, 2.75) is 6.54 Å². The summed E-state index contributed by atoms with van der Waals surface area (Å²) >= 11 is 0. The summed E-state index contributed by atoms with van der Waals surface area (Å²) in [7, 11) is 0. The first-order valence-electron chi connectivity index (χ1n) is 10.1. The lowest BCUT2D eigenvalue weighted by molar-refractivity contribution is 0.0757. The molecule has 1 aromatic heterocycles. The Hall–Kier alpha value is -4.50. The summed E-state index contributed by atoms with van der Waals surface area (Å²) in [6.07, 6.45) is 1.65. The standard InChI is InChI=1S/C26H20N4O2/c1-2-16-29(18-20-14-12-19(17-27)13-15-20)26(32)24-22-10-6-7-11-23(22)25(31)30(28-24)21-8-4-3-5-9-21/h2-15H,1,16,18H2. The summed E-state index contributed by atoms with van der Waals surface area (Å²) in [6.45, 7) is 4.40. The van der Waals surface area contributed by atoms with Crippen LogP contribution >= 0.6 is 0 Å². The first kappa shape index (κ1) is 20.8. The minimum atomic E-state index is -0.310. The number of aromatic nitrogens is 2. The van der Waals surface area contributed by atoms with Crippen molar-refractivity contribution in [1.29, 1.82) is 5.26 Å². The number of hydrogen-bond donors (Lipinski definition) is 0. The number of amides is 1. The number of hydrogen-bond acceptors (Lipinski definition) is 4. The third-order valence-electron chi connectivity index (χ3n) is 5.10. The van der Waals surface area contributed by atoms with Crippen LogP contribution in [0.3, 0.4) is 0 Å². The Kier molecular flexibility index (Phi) is 5.91. The van der Waals surface area contributed by atoms with E-state index in [-0.39, 0.29) is 17.2 Å². The highest BCUT2D eigenvalue weighted by Crippen LogP contribution is 2.18. The molecule has 0 aliphatic heterocycles. The molecule has 4 aromatic rings. The summed E-state index contributed by atoms with van der Waals surface area (Å²) in [5.74, 6) is -0.310. The van der Waals surface area contributed by atoms with E-state index < -0.39 is 0 Å². The molecular weight excluding hydrogens is 400 g/mol. The lowest BCUT2D eigenvalue weighted by atomic mass is 10.1. The van der Waals surface area contributed by atoms with E-state index in [4.69, 9.17) is 5.26 Å². The van der Waals surface area contributed by atoms with E-state index in [2.05, 4.69) is 17.7 Å². The van der Waals surface area contributed by atoms with Gasteiger partial charge in [-0.25, -0.2) is 0 Å². The van der Waals surface area contributed by atoms with Gasteiger partial charge in [-0.1, -0.05) is 54.6 Å². The number of fused-ring (bicyclic) bond motifs is 1. The Morgan fingerprint density at radius 3 is 2.31 bits per heavy atom. The van der Waals surface area contributed by atoms with Crippen LogP contribution in [0.1, 0.15) is 21.6 Å². The molecule has 4 rings (SSSR count). The number of para-hydroxylation sites is 1. The van der Waals surface area contributed by atoms with Crippen LogP contribution in [0.4, 0.5) is 0 Å². The summed E-state index contributed by atoms with van der Waals surface area (Å²) in [5, 5.41) is 14.4. The van der Waals surface area contributed by atoms with Gasteiger partial charge in [0, 0.05) is 18.5 Å². The highest BCUT2D eigenvalue weighted by molar-refractivity contribution is 6.04. The van der Waals surface area contributed by atoms with Gasteiger partial charge in [-0.05, 0) is 35.9 Å². The molecule has 0 unspecified atom stereocenters. The molecule has 156 valence electrons. The molecule has 0 aliphatic carbocycles. The number of carbonyl (C=O) groups is 1. The maximum atomic E-state index is 13.6. The van der Waals surface area contributed by atoms with Gasteiger partial charge < -0.3 is 4.90 Å². The smallest absolute Gasteiger partial charge is 0.279 e. The van der Waals surface area contributed by atoms with E-state index in [0.29, 0.717) is 35.1 Å². The van der Waals surface area contributed by atoms with Crippen LogP contribution in [0.5, 0.6) is 0 Å². The molecule has 6 nitrogen and oxygen atoms in total. The van der Waals surface area contributed by atoms with Gasteiger partial charge in [0.25, 0.3) is 11.5 Å². The zero-order chi connectivity index (χ0) is 22.5. The van der Waals surface area contributed by atoms with E-state index in [1.165, 1.54) is 4.68 Å². The molecule has 32 heavy (non-hydrogen) atoms. The third kappa shape index (κ3) is 4.05. The molecule has 0 atom stereocenters. The van der Waals surface area contributed by atoms with Gasteiger partial charge in [-0.15, -0.1) is 6.58 Å². The predicted octanol–water partition coefficient (Wildman–Crippen LogP) is 4.09. The van der Waals surface area contributed by atoms with Crippen molar-refractivity contribution in [1.82, 2.24) is 14.7 Å². The third-order valence-corrected chi connectivity index (χ3v) is 5.10. The second-order valence-electron chi connectivity index (χ2n) is 7.23. The van der Waals surface area contributed by atoms with Gasteiger partial charge in [-0.2, -0.15) is 15.0 Å². The fourth-order valence-electron chi connectivity index (χ4n) is 3.52. The largest absolute Gasteiger partial charge is 0.329 e. The molecule has 0 fully saturated rings. The molecule has 0 N–H and O–H groups in total. The average Bonchev–Trinajstić information content (AvgIpc) is 2.85. The van der Waals surface area contributed by atoms with E-state index in [1.54, 1.807) is 59.5 Å². The highest BCUT2D eigenvalue weighted by atomic mass is 16.2. The number of nitrogens with zero attached hydrogens (tertiary/aromatic N) is 4. The minimum absolute atomic E-state index is 0.194. The molecule has 3 aromatic carbocycles. The Morgan fingerprint density at radius 2 is 1.66 bits per heavy atom. The van der Waals surface area contributed by atoms with Crippen LogP contribution in [0.15, 0.2) is 96.3 Å². The Labute approximate surface area is 185 Å². The highest BCUT2D eigenvalue weighted by Gasteiger charge is 2.22. The molecule has 0 bridgehead atoms. The van der Waals surface area contributed by atoms with Crippen LogP contribution in [-0.4, -0.2) is 27.1 Å². The topological polar surface area (TPSA) is 79.0 Å². The van der Waals surface area contributed by atoms with Crippen LogP contribution < -0.4 is 5.56 Å². The number of nitriles is 1. The van der Waals surface area contributed by atoms with Gasteiger partial charge in [0.15, 0.2) is 5.69 Å². The number of benzene rings is 3. The average molecular weight is 420 g/mol. The van der Waals surface area contributed by atoms with Crippen molar-refractivity contribution in [3.63, 3.8) is 0 Å². The van der Waals surface area contributed by atoms with Gasteiger partial charge >= 0.3 is 0 Å². The summed E-state index contributed by atoms with van der Waals surface area (Å²) in [5.41, 5.74) is 1.92. The molecular formula is C26H20N4O2. The van der Waals surface area contributed by atoms with Crippen molar-refractivity contribution in [2.75, 3.05) is 6.54 Å². The summed E-state index contributed by atoms with van der Waals surface area (Å²) in [6, 6.07) is 25.2. The van der Waals surface area contributed by atoms with Crippen LogP contribution in [0.2, 0.25) is 0 Å². The van der Waals surface area contributed by atoms with Crippen molar-refractivity contribution in [3.8, 4) is 11.8 Å². The van der Waals surface area contributed by atoms with Gasteiger partial charge in [0.2, 0.25) is 0 Å². The monoisotopic (exact) mass is 420 g/mol. The molecule has 0 radical (unpaired) electrons. The van der Waals surface area contributed by atoms with E-state index >= 15 is 0 Å². The van der Waals surface area contributed by atoms with E-state index in [9.17, 15) is 9.59 Å². The molecule has 0 saturated heterocycles. The zero-order valence-corrected chi connectivity index (χ0v) is 17.3. The predicted molar refractivity (Wildman–Crippen MR) is 123 cm³/mol. The van der Waals surface area contributed by atoms with Crippen molar-refractivity contribution in [2.24, 2.45) is 0 Å². The zero-order valence-electron chi connectivity index (χ0n) is 17.3. The second-order valence-corrected chi connectivity index (χ2v) is 7.23. The number of rotatable bonds is 6. The van der Waals surface area contributed by atoms with Crippen molar-refractivity contribution >= 4 is 16.7 Å².